The van der Waals surface area contributed by atoms with Crippen LogP contribution in [0.3, 0.4) is 0 Å². The summed E-state index contributed by atoms with van der Waals surface area (Å²) in [7, 11) is 0. The molecule has 7 atom stereocenters. The number of Topliss-reactive ketones (excluding diaryl/α,β-unsaturated/α-hetero) is 3. The summed E-state index contributed by atoms with van der Waals surface area (Å²) in [4.78, 5) is 107. The molecule has 1 aliphatic heterocycles. The summed E-state index contributed by atoms with van der Waals surface area (Å²) in [6.45, 7) is 20.3. The lowest BCUT2D eigenvalue weighted by Crippen LogP contribution is -2.49. The van der Waals surface area contributed by atoms with Gasteiger partial charge in [0.2, 0.25) is 11.8 Å². The monoisotopic (exact) mass is 779 g/mol. The second-order valence-corrected chi connectivity index (χ2v) is 17.4. The summed E-state index contributed by atoms with van der Waals surface area (Å²) >= 11 is 0. The molecule has 0 radical (unpaired) electrons. The number of amides is 4. The molecule has 1 heterocycles. The first-order valence-corrected chi connectivity index (χ1v) is 20.0. The fourth-order valence-electron chi connectivity index (χ4n) is 6.95. The van der Waals surface area contributed by atoms with Crippen molar-refractivity contribution in [2.45, 2.75) is 165 Å². The molecule has 4 N–H and O–H groups in total. The Balaban J connectivity index is 2.93. The number of rotatable bonds is 26. The first kappa shape index (κ1) is 49.5. The van der Waals surface area contributed by atoms with Gasteiger partial charge in [-0.05, 0) is 61.2 Å². The fraction of sp³-hybridized carbons (Fsp3) is 0.805. The van der Waals surface area contributed by atoms with E-state index in [4.69, 9.17) is 4.84 Å². The molecule has 0 saturated carbocycles. The van der Waals surface area contributed by atoms with Crippen molar-refractivity contribution in [1.82, 2.24) is 15.7 Å². The number of nitrogens with one attached hydrogen (secondary N) is 2. The van der Waals surface area contributed by atoms with Crippen LogP contribution in [0.25, 0.3) is 0 Å². The Labute approximate surface area is 327 Å². The van der Waals surface area contributed by atoms with Gasteiger partial charge in [-0.2, -0.15) is 0 Å². The third kappa shape index (κ3) is 17.9. The molecule has 0 aromatic rings. The van der Waals surface area contributed by atoms with Crippen LogP contribution in [0.15, 0.2) is 0 Å². The van der Waals surface area contributed by atoms with Gasteiger partial charge in [0, 0.05) is 44.4 Å². The Bertz CT molecular complexity index is 1330. The Morgan fingerprint density at radius 3 is 1.56 bits per heavy atom. The van der Waals surface area contributed by atoms with Crippen LogP contribution in [0.1, 0.15) is 140 Å². The molecule has 0 aromatic heterocycles. The van der Waals surface area contributed by atoms with Crippen molar-refractivity contribution in [3.05, 3.63) is 0 Å². The van der Waals surface area contributed by atoms with Crippen LogP contribution in [0.2, 0.25) is 0 Å². The summed E-state index contributed by atoms with van der Waals surface area (Å²) < 4.78 is 0. The largest absolute Gasteiger partial charge is 0.392 e. The number of hydroxylamine groups is 2. The van der Waals surface area contributed by atoms with E-state index < -0.39 is 77.9 Å². The van der Waals surface area contributed by atoms with Gasteiger partial charge in [0.25, 0.3) is 11.8 Å². The molecule has 14 nitrogen and oxygen atoms in total. The van der Waals surface area contributed by atoms with Crippen LogP contribution in [0.5, 0.6) is 0 Å². The maximum atomic E-state index is 13.7. The van der Waals surface area contributed by atoms with Gasteiger partial charge >= 0.3 is 5.97 Å². The van der Waals surface area contributed by atoms with Crippen molar-refractivity contribution < 1.29 is 53.4 Å². The third-order valence-corrected chi connectivity index (χ3v) is 9.93. The van der Waals surface area contributed by atoms with E-state index in [0.29, 0.717) is 24.3 Å². The van der Waals surface area contributed by atoms with E-state index in [9.17, 15) is 48.6 Å². The second-order valence-electron chi connectivity index (χ2n) is 17.4. The predicted octanol–water partition coefficient (Wildman–Crippen LogP) is 4.26. The summed E-state index contributed by atoms with van der Waals surface area (Å²) in [5.74, 6) is -6.01. The van der Waals surface area contributed by atoms with Crippen LogP contribution >= 0.6 is 0 Å². The number of hydrogen-bond donors (Lipinski definition) is 4. The number of carbonyl (C=O) groups excluding carboxylic acids is 8. The minimum absolute atomic E-state index is 0.00663. The van der Waals surface area contributed by atoms with Crippen molar-refractivity contribution >= 4 is 46.9 Å². The topological polar surface area (TPSA) is 214 Å². The van der Waals surface area contributed by atoms with Crippen LogP contribution in [0.4, 0.5) is 0 Å². The number of nitrogens with zero attached hydrogens (tertiary/aromatic N) is 1. The quantitative estimate of drug-likeness (QED) is 0.0911. The molecule has 14 heteroatoms. The molecule has 0 spiro atoms. The lowest BCUT2D eigenvalue weighted by Gasteiger charge is -2.29. The molecule has 1 rings (SSSR count). The minimum atomic E-state index is -1.33. The van der Waals surface area contributed by atoms with Gasteiger partial charge in [-0.25, -0.2) is 4.79 Å². The second kappa shape index (κ2) is 23.5. The van der Waals surface area contributed by atoms with Crippen LogP contribution in [-0.2, 0) is 43.2 Å². The normalized spacial score (nSPS) is 17.3. The smallest absolute Gasteiger partial charge is 0.335 e. The van der Waals surface area contributed by atoms with Crippen LogP contribution in [0, 0.1) is 47.3 Å². The molecule has 1 fully saturated rings. The minimum Gasteiger partial charge on any atom is -0.392 e. The van der Waals surface area contributed by atoms with Gasteiger partial charge in [-0.1, -0.05) is 69.2 Å². The number of carbonyl (C=O) groups is 8. The predicted molar refractivity (Wildman–Crippen MR) is 205 cm³/mol. The molecule has 0 aromatic carbocycles. The maximum Gasteiger partial charge on any atom is 0.335 e. The number of ketones is 3. The number of imide groups is 1. The van der Waals surface area contributed by atoms with Crippen molar-refractivity contribution in [3.8, 4) is 0 Å². The van der Waals surface area contributed by atoms with Gasteiger partial charge < -0.3 is 25.7 Å². The highest BCUT2D eigenvalue weighted by Gasteiger charge is 2.36. The third-order valence-electron chi connectivity index (χ3n) is 9.93. The summed E-state index contributed by atoms with van der Waals surface area (Å²) in [5, 5.41) is 28.0. The highest BCUT2D eigenvalue weighted by molar-refractivity contribution is 6.01. The lowest BCUT2D eigenvalue weighted by molar-refractivity contribution is -0.199. The van der Waals surface area contributed by atoms with Crippen molar-refractivity contribution in [3.63, 3.8) is 0 Å². The summed E-state index contributed by atoms with van der Waals surface area (Å²) in [6.07, 6.45) is -2.69. The molecule has 0 unspecified atom stereocenters. The molecular weight excluding hydrogens is 710 g/mol. The molecule has 314 valence electrons. The van der Waals surface area contributed by atoms with E-state index in [1.54, 1.807) is 0 Å². The van der Waals surface area contributed by atoms with E-state index in [1.807, 2.05) is 69.2 Å². The Morgan fingerprint density at radius 1 is 0.618 bits per heavy atom. The van der Waals surface area contributed by atoms with Gasteiger partial charge in [-0.15, -0.1) is 5.06 Å². The summed E-state index contributed by atoms with van der Waals surface area (Å²) in [6, 6.07) is -1.86. The first-order valence-electron chi connectivity index (χ1n) is 20.0. The maximum absolute atomic E-state index is 13.7. The molecule has 1 saturated heterocycles. The highest BCUT2D eigenvalue weighted by atomic mass is 16.7. The molecule has 0 bridgehead atoms. The van der Waals surface area contributed by atoms with E-state index in [1.165, 1.54) is 6.92 Å². The van der Waals surface area contributed by atoms with Crippen molar-refractivity contribution in [2.24, 2.45) is 47.3 Å². The average molecular weight is 780 g/mol. The lowest BCUT2D eigenvalue weighted by atomic mass is 9.83. The summed E-state index contributed by atoms with van der Waals surface area (Å²) in [5.41, 5.74) is 0. The van der Waals surface area contributed by atoms with E-state index in [0.717, 1.165) is 0 Å². The zero-order chi connectivity index (χ0) is 42.3. The standard InChI is InChI=1S/C41H69N3O11/c1-22(2)14-28(34(48)21-39(53)55-44-37(51)12-13-38(44)52)17-32(46)27(11)42-36(50)20-33(47)29(15-23(3)4)18-35(49)40(26(9)10)43-41(54)31(25(7)8)19-30(45)16-24(5)6/h22-29,31,33-34,40,47-48H,12-21H2,1-11H3,(H,42,50)(H,43,54)/t27-,28+,29+,31-,33-,34-,40-/m0/s1. The first-order chi connectivity index (χ1) is 25.4. The zero-order valence-corrected chi connectivity index (χ0v) is 35.0. The number of aliphatic hydroxyl groups is 2. The van der Waals surface area contributed by atoms with Gasteiger partial charge in [0.15, 0.2) is 11.6 Å². The molecular formula is C41H69N3O11. The SMILES string of the molecule is CC(C)CC(=O)C[C@H](C(=O)N[C@H](C(=O)C[C@@H](CC(C)C)[C@@H](O)CC(=O)N[C@@H](C)C(=O)C[C@@H](CC(C)C)[C@@H](O)CC(=O)ON1C(=O)CCC1=O)C(C)C)C(C)C. The van der Waals surface area contributed by atoms with E-state index >= 15 is 0 Å². The van der Waals surface area contributed by atoms with Crippen LogP contribution < -0.4 is 10.6 Å². The number of aliphatic hydroxyl groups excluding tert-OH is 2. The molecule has 0 aliphatic carbocycles. The van der Waals surface area contributed by atoms with E-state index in [2.05, 4.69) is 10.6 Å². The van der Waals surface area contributed by atoms with Gasteiger partial charge in [0.05, 0.1) is 37.1 Å². The fourth-order valence-corrected chi connectivity index (χ4v) is 6.95. The van der Waals surface area contributed by atoms with Crippen LogP contribution in [-0.4, -0.2) is 86.5 Å². The van der Waals surface area contributed by atoms with Crippen molar-refractivity contribution in [1.29, 1.82) is 0 Å². The molecule has 1 aliphatic rings. The zero-order valence-electron chi connectivity index (χ0n) is 35.0. The Kier molecular flexibility index (Phi) is 21.2. The van der Waals surface area contributed by atoms with Gasteiger partial charge in [0.1, 0.15) is 5.78 Å². The highest BCUT2D eigenvalue weighted by Crippen LogP contribution is 2.26. The van der Waals surface area contributed by atoms with E-state index in [-0.39, 0.29) is 85.6 Å². The Hall–Kier alpha value is -3.52. The van der Waals surface area contributed by atoms with Gasteiger partial charge in [-0.3, -0.25) is 33.6 Å². The van der Waals surface area contributed by atoms with Crippen molar-refractivity contribution in [2.75, 3.05) is 0 Å². The molecule has 55 heavy (non-hydrogen) atoms. The number of hydrogen-bond acceptors (Lipinski definition) is 11. The molecule has 4 amide bonds. The average Bonchev–Trinajstić information content (AvgIpc) is 3.35. The Morgan fingerprint density at radius 2 is 1.11 bits per heavy atom.